The Bertz CT molecular complexity index is 552. The third kappa shape index (κ3) is 4.00. The number of hydrogen-bond acceptors (Lipinski definition) is 3. The summed E-state index contributed by atoms with van der Waals surface area (Å²) in [5.74, 6) is 6.82. The SMILES string of the molecule is COc1ccc(CN=C(NN)Nc2ccccc2)cc1. The number of hydrogen-bond donors (Lipinski definition) is 3. The van der Waals surface area contributed by atoms with Crippen LogP contribution < -0.4 is 21.3 Å². The number of anilines is 1. The lowest BCUT2D eigenvalue weighted by Gasteiger charge is -2.09. The normalized spacial score (nSPS) is 11.0. The summed E-state index contributed by atoms with van der Waals surface area (Å²) in [6.45, 7) is 0.531. The van der Waals surface area contributed by atoms with E-state index in [2.05, 4.69) is 15.7 Å². The van der Waals surface area contributed by atoms with E-state index in [4.69, 9.17) is 10.6 Å². The van der Waals surface area contributed by atoms with E-state index in [1.807, 2.05) is 54.6 Å². The molecule has 20 heavy (non-hydrogen) atoms. The number of rotatable bonds is 4. The predicted molar refractivity (Wildman–Crippen MR) is 81.5 cm³/mol. The summed E-state index contributed by atoms with van der Waals surface area (Å²) in [5.41, 5.74) is 4.56. The van der Waals surface area contributed by atoms with E-state index in [1.54, 1.807) is 7.11 Å². The first kappa shape index (κ1) is 13.9. The van der Waals surface area contributed by atoms with Crippen LogP contribution in [0.25, 0.3) is 0 Å². The molecule has 5 heteroatoms. The molecule has 0 heterocycles. The van der Waals surface area contributed by atoms with Gasteiger partial charge in [0.2, 0.25) is 5.96 Å². The molecule has 0 aliphatic rings. The largest absolute Gasteiger partial charge is 0.497 e. The van der Waals surface area contributed by atoms with Crippen molar-refractivity contribution in [1.82, 2.24) is 5.43 Å². The zero-order valence-corrected chi connectivity index (χ0v) is 11.3. The smallest absolute Gasteiger partial charge is 0.210 e. The zero-order chi connectivity index (χ0) is 14.2. The van der Waals surface area contributed by atoms with Gasteiger partial charge in [0.05, 0.1) is 13.7 Å². The molecule has 0 radical (unpaired) electrons. The van der Waals surface area contributed by atoms with Gasteiger partial charge in [-0.05, 0) is 29.8 Å². The number of guanidine groups is 1. The lowest BCUT2D eigenvalue weighted by atomic mass is 10.2. The van der Waals surface area contributed by atoms with Crippen molar-refractivity contribution < 1.29 is 4.74 Å². The molecule has 2 aromatic rings. The lowest BCUT2D eigenvalue weighted by Crippen LogP contribution is -2.36. The van der Waals surface area contributed by atoms with Crippen LogP contribution in [0.4, 0.5) is 5.69 Å². The number of nitrogens with zero attached hydrogens (tertiary/aromatic N) is 1. The van der Waals surface area contributed by atoms with Crippen molar-refractivity contribution in [3.8, 4) is 5.75 Å². The van der Waals surface area contributed by atoms with Gasteiger partial charge in [-0.25, -0.2) is 10.8 Å². The highest BCUT2D eigenvalue weighted by Gasteiger charge is 1.98. The lowest BCUT2D eigenvalue weighted by molar-refractivity contribution is 0.414. The van der Waals surface area contributed by atoms with Gasteiger partial charge in [-0.2, -0.15) is 0 Å². The van der Waals surface area contributed by atoms with Crippen molar-refractivity contribution in [3.63, 3.8) is 0 Å². The summed E-state index contributed by atoms with van der Waals surface area (Å²) in [4.78, 5) is 4.39. The number of methoxy groups -OCH3 is 1. The van der Waals surface area contributed by atoms with Crippen molar-refractivity contribution in [2.45, 2.75) is 6.54 Å². The summed E-state index contributed by atoms with van der Waals surface area (Å²) in [7, 11) is 1.65. The summed E-state index contributed by atoms with van der Waals surface area (Å²) in [6.07, 6.45) is 0. The molecule has 0 amide bonds. The van der Waals surface area contributed by atoms with E-state index in [0.717, 1.165) is 17.0 Å². The maximum absolute atomic E-state index is 5.47. The number of nitrogens with two attached hydrogens (primary N) is 1. The average Bonchev–Trinajstić information content (AvgIpc) is 2.53. The Kier molecular flexibility index (Phi) is 4.97. The van der Waals surface area contributed by atoms with E-state index in [9.17, 15) is 0 Å². The molecule has 2 rings (SSSR count). The highest BCUT2D eigenvalue weighted by molar-refractivity contribution is 5.93. The second-order valence-electron chi connectivity index (χ2n) is 4.15. The van der Waals surface area contributed by atoms with Crippen molar-refractivity contribution in [1.29, 1.82) is 0 Å². The third-order valence-electron chi connectivity index (χ3n) is 2.75. The second-order valence-corrected chi connectivity index (χ2v) is 4.15. The van der Waals surface area contributed by atoms with E-state index in [1.165, 1.54) is 0 Å². The van der Waals surface area contributed by atoms with Crippen molar-refractivity contribution in [2.24, 2.45) is 10.8 Å². The van der Waals surface area contributed by atoms with Gasteiger partial charge < -0.3 is 10.1 Å². The molecule has 0 fully saturated rings. The van der Waals surface area contributed by atoms with Crippen LogP contribution >= 0.6 is 0 Å². The van der Waals surface area contributed by atoms with Gasteiger partial charge in [-0.3, -0.25) is 5.43 Å². The highest BCUT2D eigenvalue weighted by Crippen LogP contribution is 2.12. The van der Waals surface area contributed by atoms with Gasteiger partial charge in [0.15, 0.2) is 0 Å². The molecule has 0 aliphatic carbocycles. The van der Waals surface area contributed by atoms with Gasteiger partial charge in [0.25, 0.3) is 0 Å². The van der Waals surface area contributed by atoms with Gasteiger partial charge in [0, 0.05) is 5.69 Å². The molecule has 5 nitrogen and oxygen atoms in total. The number of para-hydroxylation sites is 1. The molecule has 0 aliphatic heterocycles. The van der Waals surface area contributed by atoms with E-state index in [-0.39, 0.29) is 0 Å². The molecule has 4 N–H and O–H groups in total. The predicted octanol–water partition coefficient (Wildman–Crippen LogP) is 2.13. The molecule has 0 aromatic heterocycles. The molecular weight excluding hydrogens is 252 g/mol. The molecule has 0 spiro atoms. The van der Waals surface area contributed by atoms with Crippen LogP contribution in [0.15, 0.2) is 59.6 Å². The molecule has 0 bridgehead atoms. The van der Waals surface area contributed by atoms with E-state index in [0.29, 0.717) is 12.5 Å². The molecule has 0 atom stereocenters. The van der Waals surface area contributed by atoms with Gasteiger partial charge in [-0.1, -0.05) is 30.3 Å². The Morgan fingerprint density at radius 1 is 1.10 bits per heavy atom. The summed E-state index contributed by atoms with van der Waals surface area (Å²) >= 11 is 0. The first-order valence-corrected chi connectivity index (χ1v) is 6.28. The Hall–Kier alpha value is -2.53. The fraction of sp³-hybridized carbons (Fsp3) is 0.133. The zero-order valence-electron chi connectivity index (χ0n) is 11.3. The molecule has 0 saturated carbocycles. The second kappa shape index (κ2) is 7.16. The van der Waals surface area contributed by atoms with Crippen LogP contribution in [0.5, 0.6) is 5.75 Å². The number of nitrogens with one attached hydrogen (secondary N) is 2. The standard InChI is InChI=1S/C15H18N4O/c1-20-14-9-7-12(8-10-14)11-17-15(19-16)18-13-5-3-2-4-6-13/h2-10H,11,16H2,1H3,(H2,17,18,19). The number of aliphatic imine (C=N–C) groups is 1. The summed E-state index contributed by atoms with van der Waals surface area (Å²) in [5, 5.41) is 3.11. The maximum Gasteiger partial charge on any atom is 0.210 e. The van der Waals surface area contributed by atoms with Crippen LogP contribution in [-0.2, 0) is 6.54 Å². The molecule has 0 saturated heterocycles. The topological polar surface area (TPSA) is 71.7 Å². The van der Waals surface area contributed by atoms with Gasteiger partial charge in [0.1, 0.15) is 5.75 Å². The highest BCUT2D eigenvalue weighted by atomic mass is 16.5. The van der Waals surface area contributed by atoms with Crippen LogP contribution in [0.1, 0.15) is 5.56 Å². The van der Waals surface area contributed by atoms with Crippen LogP contribution in [0.3, 0.4) is 0 Å². The number of benzene rings is 2. The van der Waals surface area contributed by atoms with Crippen molar-refractivity contribution in [2.75, 3.05) is 12.4 Å². The van der Waals surface area contributed by atoms with Crippen LogP contribution in [-0.4, -0.2) is 13.1 Å². The minimum atomic E-state index is 0.520. The Balaban J connectivity index is 1.99. The number of hydrazine groups is 1. The fourth-order valence-electron chi connectivity index (χ4n) is 1.68. The Labute approximate surface area is 118 Å². The minimum absolute atomic E-state index is 0.520. The Morgan fingerprint density at radius 3 is 2.40 bits per heavy atom. The molecule has 0 unspecified atom stereocenters. The quantitative estimate of drug-likeness (QED) is 0.344. The average molecular weight is 270 g/mol. The fourth-order valence-corrected chi connectivity index (χ4v) is 1.68. The first-order valence-electron chi connectivity index (χ1n) is 6.28. The van der Waals surface area contributed by atoms with Gasteiger partial charge in [-0.15, -0.1) is 0 Å². The monoisotopic (exact) mass is 270 g/mol. The van der Waals surface area contributed by atoms with Gasteiger partial charge >= 0.3 is 0 Å². The third-order valence-corrected chi connectivity index (χ3v) is 2.75. The van der Waals surface area contributed by atoms with Crippen LogP contribution in [0, 0.1) is 0 Å². The minimum Gasteiger partial charge on any atom is -0.497 e. The van der Waals surface area contributed by atoms with E-state index >= 15 is 0 Å². The maximum atomic E-state index is 5.47. The Morgan fingerprint density at radius 2 is 1.80 bits per heavy atom. The van der Waals surface area contributed by atoms with E-state index < -0.39 is 0 Å². The summed E-state index contributed by atoms with van der Waals surface area (Å²) in [6, 6.07) is 17.5. The van der Waals surface area contributed by atoms with Crippen molar-refractivity contribution in [3.05, 3.63) is 60.2 Å². The van der Waals surface area contributed by atoms with Crippen LogP contribution in [0.2, 0.25) is 0 Å². The molecule has 2 aromatic carbocycles. The first-order chi connectivity index (χ1) is 9.81. The molecular formula is C15H18N4O. The van der Waals surface area contributed by atoms with Crippen molar-refractivity contribution >= 4 is 11.6 Å². The number of ether oxygens (including phenoxy) is 1. The molecule has 104 valence electrons. The summed E-state index contributed by atoms with van der Waals surface area (Å²) < 4.78 is 5.11.